The van der Waals surface area contributed by atoms with Gasteiger partial charge < -0.3 is 10.1 Å². The molecular weight excluding hydrogens is 373 g/mol. The number of fused-ring (bicyclic) bond motifs is 1. The molecule has 0 aliphatic carbocycles. The van der Waals surface area contributed by atoms with Gasteiger partial charge in [-0.2, -0.15) is 5.10 Å². The second-order valence-corrected chi connectivity index (χ2v) is 7.60. The molecule has 150 valence electrons. The number of nitrogens with one attached hydrogen (secondary N) is 2. The lowest BCUT2D eigenvalue weighted by molar-refractivity contribution is 0.0928. The molecule has 4 rings (SSSR count). The van der Waals surface area contributed by atoms with Crippen LogP contribution in [0.15, 0.2) is 36.9 Å². The van der Waals surface area contributed by atoms with Gasteiger partial charge in [0.1, 0.15) is 29.7 Å². The summed E-state index contributed by atoms with van der Waals surface area (Å²) in [4.78, 5) is 20.4. The summed E-state index contributed by atoms with van der Waals surface area (Å²) in [6.45, 7) is 4.51. The fraction of sp³-hybridized carbons (Fsp3) is 0.333. The summed E-state index contributed by atoms with van der Waals surface area (Å²) in [7, 11) is 0. The van der Waals surface area contributed by atoms with Crippen molar-refractivity contribution >= 4 is 5.91 Å². The smallest absolute Gasteiger partial charge is 0.271 e. The quantitative estimate of drug-likeness (QED) is 0.669. The van der Waals surface area contributed by atoms with Gasteiger partial charge in [-0.05, 0) is 30.5 Å². The average molecular weight is 395 g/mol. The highest BCUT2D eigenvalue weighted by Crippen LogP contribution is 2.39. The van der Waals surface area contributed by atoms with Gasteiger partial charge in [0.25, 0.3) is 5.91 Å². The van der Waals surface area contributed by atoms with Crippen molar-refractivity contribution in [3.8, 4) is 16.9 Å². The predicted molar refractivity (Wildman–Crippen MR) is 105 cm³/mol. The van der Waals surface area contributed by atoms with Gasteiger partial charge in [0.15, 0.2) is 0 Å². The Morgan fingerprint density at radius 1 is 1.31 bits per heavy atom. The third-order valence-corrected chi connectivity index (χ3v) is 4.72. The normalized spacial score (nSPS) is 15.2. The molecule has 1 amide bonds. The maximum atomic E-state index is 14.1. The van der Waals surface area contributed by atoms with Crippen LogP contribution in [-0.2, 0) is 12.8 Å². The lowest BCUT2D eigenvalue weighted by Gasteiger charge is -2.13. The second kappa shape index (κ2) is 7.98. The van der Waals surface area contributed by atoms with E-state index < -0.39 is 0 Å². The minimum Gasteiger partial charge on any atom is -0.487 e. The van der Waals surface area contributed by atoms with E-state index in [0.717, 1.165) is 17.7 Å². The van der Waals surface area contributed by atoms with Crippen LogP contribution >= 0.6 is 0 Å². The van der Waals surface area contributed by atoms with E-state index in [9.17, 15) is 9.18 Å². The molecule has 1 unspecified atom stereocenters. The number of hydrogen-bond donors (Lipinski definition) is 2. The Morgan fingerprint density at radius 2 is 2.10 bits per heavy atom. The SMILES string of the molecule is CC(C)Cc1cc(C(=O)NCC2Cc3cc(F)cc(-c4cncnc4)c3O2)n[nH]1. The van der Waals surface area contributed by atoms with Crippen molar-refractivity contribution in [1.82, 2.24) is 25.5 Å². The predicted octanol–water partition coefficient (Wildman–Crippen LogP) is 2.94. The molecule has 0 radical (unpaired) electrons. The molecule has 3 aromatic rings. The molecule has 29 heavy (non-hydrogen) atoms. The molecule has 0 spiro atoms. The van der Waals surface area contributed by atoms with Crippen LogP contribution in [0.2, 0.25) is 0 Å². The molecule has 7 nitrogen and oxygen atoms in total. The largest absolute Gasteiger partial charge is 0.487 e. The van der Waals surface area contributed by atoms with Crippen LogP contribution in [0, 0.1) is 11.7 Å². The van der Waals surface area contributed by atoms with Gasteiger partial charge in [-0.1, -0.05) is 13.8 Å². The van der Waals surface area contributed by atoms with Crippen LogP contribution < -0.4 is 10.1 Å². The minimum absolute atomic E-state index is 0.265. The molecule has 0 bridgehead atoms. The number of amides is 1. The molecule has 0 saturated heterocycles. The number of carbonyl (C=O) groups is 1. The van der Waals surface area contributed by atoms with E-state index in [1.165, 1.54) is 18.5 Å². The zero-order valence-corrected chi connectivity index (χ0v) is 16.3. The summed E-state index contributed by atoms with van der Waals surface area (Å²) in [6.07, 6.45) is 5.71. The molecule has 8 heteroatoms. The Kier molecular flexibility index (Phi) is 5.24. The summed E-state index contributed by atoms with van der Waals surface area (Å²) in [6, 6.07) is 4.65. The Labute approximate surface area is 167 Å². The first kappa shape index (κ1) is 19.0. The maximum absolute atomic E-state index is 14.1. The van der Waals surface area contributed by atoms with Crippen LogP contribution in [0.4, 0.5) is 4.39 Å². The molecule has 2 aromatic heterocycles. The highest BCUT2D eigenvalue weighted by Gasteiger charge is 2.28. The van der Waals surface area contributed by atoms with E-state index in [2.05, 4.69) is 39.3 Å². The number of ether oxygens (including phenoxy) is 1. The molecule has 1 aliphatic heterocycles. The molecular formula is C21H22FN5O2. The van der Waals surface area contributed by atoms with E-state index in [-0.39, 0.29) is 17.8 Å². The molecule has 0 fully saturated rings. The monoisotopic (exact) mass is 395 g/mol. The van der Waals surface area contributed by atoms with Crippen LogP contribution in [0.25, 0.3) is 11.1 Å². The number of carbonyl (C=O) groups excluding carboxylic acids is 1. The third-order valence-electron chi connectivity index (χ3n) is 4.72. The van der Waals surface area contributed by atoms with Crippen molar-refractivity contribution < 1.29 is 13.9 Å². The Bertz CT molecular complexity index is 1020. The zero-order chi connectivity index (χ0) is 20.4. The summed E-state index contributed by atoms with van der Waals surface area (Å²) in [5.74, 6) is 0.476. The average Bonchev–Trinajstić information content (AvgIpc) is 3.32. The Balaban J connectivity index is 1.42. The second-order valence-electron chi connectivity index (χ2n) is 7.60. The standard InChI is InChI=1S/C21H22FN5O2/c1-12(2)3-16-7-19(27-26-16)21(28)25-10-17-5-13-4-15(22)6-18(20(13)29-17)14-8-23-11-24-9-14/h4,6-9,11-12,17H,3,5,10H2,1-2H3,(H,25,28)(H,26,27). The number of halogens is 1. The van der Waals surface area contributed by atoms with Gasteiger partial charge in [-0.25, -0.2) is 14.4 Å². The van der Waals surface area contributed by atoms with Crippen molar-refractivity contribution in [2.24, 2.45) is 5.92 Å². The molecule has 2 N–H and O–H groups in total. The fourth-order valence-electron chi connectivity index (χ4n) is 3.48. The van der Waals surface area contributed by atoms with Gasteiger partial charge in [-0.3, -0.25) is 9.89 Å². The zero-order valence-electron chi connectivity index (χ0n) is 16.3. The summed E-state index contributed by atoms with van der Waals surface area (Å²) in [5.41, 5.74) is 3.34. The molecule has 1 atom stereocenters. The topological polar surface area (TPSA) is 92.8 Å². The number of aromatic amines is 1. The van der Waals surface area contributed by atoms with E-state index in [4.69, 9.17) is 4.74 Å². The highest BCUT2D eigenvalue weighted by molar-refractivity contribution is 5.92. The van der Waals surface area contributed by atoms with E-state index >= 15 is 0 Å². The van der Waals surface area contributed by atoms with E-state index in [1.807, 2.05) is 0 Å². The number of aromatic nitrogens is 4. The number of benzene rings is 1. The van der Waals surface area contributed by atoms with E-state index in [1.54, 1.807) is 18.5 Å². The number of nitrogens with zero attached hydrogens (tertiary/aromatic N) is 3. The van der Waals surface area contributed by atoms with Crippen LogP contribution in [-0.4, -0.2) is 38.7 Å². The van der Waals surface area contributed by atoms with Crippen LogP contribution in [0.3, 0.4) is 0 Å². The molecule has 1 aromatic carbocycles. The fourth-order valence-corrected chi connectivity index (χ4v) is 3.48. The van der Waals surface area contributed by atoms with Crippen molar-refractivity contribution in [3.05, 3.63) is 59.7 Å². The Morgan fingerprint density at radius 3 is 2.86 bits per heavy atom. The number of hydrogen-bond acceptors (Lipinski definition) is 5. The first-order chi connectivity index (χ1) is 14.0. The minimum atomic E-state index is -0.343. The molecule has 0 saturated carbocycles. The van der Waals surface area contributed by atoms with Crippen molar-refractivity contribution in [2.75, 3.05) is 6.54 Å². The molecule has 3 heterocycles. The van der Waals surface area contributed by atoms with Gasteiger partial charge in [0, 0.05) is 41.2 Å². The van der Waals surface area contributed by atoms with Crippen LogP contribution in [0.1, 0.15) is 35.6 Å². The van der Waals surface area contributed by atoms with Crippen molar-refractivity contribution in [2.45, 2.75) is 32.8 Å². The Hall–Kier alpha value is -3.29. The molecule has 1 aliphatic rings. The first-order valence-corrected chi connectivity index (χ1v) is 9.56. The van der Waals surface area contributed by atoms with Crippen molar-refractivity contribution in [1.29, 1.82) is 0 Å². The van der Waals surface area contributed by atoms with Gasteiger partial charge in [0.05, 0.1) is 6.54 Å². The van der Waals surface area contributed by atoms with E-state index in [0.29, 0.717) is 41.5 Å². The summed E-state index contributed by atoms with van der Waals surface area (Å²) in [5, 5.41) is 9.83. The lowest BCUT2D eigenvalue weighted by atomic mass is 10.0. The van der Waals surface area contributed by atoms with Crippen molar-refractivity contribution in [3.63, 3.8) is 0 Å². The lowest BCUT2D eigenvalue weighted by Crippen LogP contribution is -2.34. The van der Waals surface area contributed by atoms with Gasteiger partial charge in [-0.15, -0.1) is 0 Å². The third kappa shape index (κ3) is 4.26. The van der Waals surface area contributed by atoms with Crippen LogP contribution in [0.5, 0.6) is 5.75 Å². The summed E-state index contributed by atoms with van der Waals surface area (Å²) < 4.78 is 20.1. The number of rotatable bonds is 6. The number of H-pyrrole nitrogens is 1. The maximum Gasteiger partial charge on any atom is 0.271 e. The van der Waals surface area contributed by atoms with Gasteiger partial charge >= 0.3 is 0 Å². The highest BCUT2D eigenvalue weighted by atomic mass is 19.1. The first-order valence-electron chi connectivity index (χ1n) is 9.56. The van der Waals surface area contributed by atoms with Gasteiger partial charge in [0.2, 0.25) is 0 Å². The summed E-state index contributed by atoms with van der Waals surface area (Å²) >= 11 is 0.